The van der Waals surface area contributed by atoms with Crippen LogP contribution in [0.3, 0.4) is 0 Å². The molecule has 2 aromatic carbocycles. The second kappa shape index (κ2) is 9.77. The van der Waals surface area contributed by atoms with Gasteiger partial charge in [0.25, 0.3) is 0 Å². The minimum Gasteiger partial charge on any atom is -0.399 e. The van der Waals surface area contributed by atoms with E-state index in [0.717, 1.165) is 27.7 Å². The number of H-pyrrole nitrogens is 1. The minimum atomic E-state index is -0.355. The quantitative estimate of drug-likeness (QED) is 0.437. The summed E-state index contributed by atoms with van der Waals surface area (Å²) in [6, 6.07) is 15.7. The molecule has 37 heavy (non-hydrogen) atoms. The maximum atomic E-state index is 6.06. The fourth-order valence-corrected chi connectivity index (χ4v) is 3.92. The standard InChI is InChI=1S/C14H18BN3O2.C14H17BO2/c1-13(2)14(3,4)20-15(19-13)11-7-5-6-10(8-11)12-9-16-18-17-12;1-6-11-8-7-9-12(10-11)15-16-13(2,3)14(4,5)17-15/h5-9H,1-4H3,(H,16,17,18);1,7-10H,2-5H3. The van der Waals surface area contributed by atoms with Gasteiger partial charge in [-0.3, -0.25) is 0 Å². The molecule has 0 saturated carbocycles. The van der Waals surface area contributed by atoms with Crippen molar-refractivity contribution in [3.63, 3.8) is 0 Å². The van der Waals surface area contributed by atoms with Gasteiger partial charge >= 0.3 is 14.2 Å². The van der Waals surface area contributed by atoms with Crippen molar-refractivity contribution in [3.05, 3.63) is 60.3 Å². The van der Waals surface area contributed by atoms with E-state index in [9.17, 15) is 0 Å². The Kier molecular flexibility index (Phi) is 7.17. The van der Waals surface area contributed by atoms with E-state index in [-0.39, 0.29) is 36.6 Å². The Morgan fingerprint density at radius 3 is 1.68 bits per heavy atom. The fraction of sp³-hybridized carbons (Fsp3) is 0.429. The molecule has 0 atom stereocenters. The molecule has 2 aliphatic heterocycles. The number of rotatable bonds is 3. The molecule has 1 aromatic heterocycles. The monoisotopic (exact) mass is 499 g/mol. The zero-order valence-corrected chi connectivity index (χ0v) is 23.0. The number of hydrogen-bond acceptors (Lipinski definition) is 6. The average molecular weight is 499 g/mol. The Hall–Kier alpha value is -2.89. The van der Waals surface area contributed by atoms with Gasteiger partial charge in [-0.15, -0.1) is 6.42 Å². The lowest BCUT2D eigenvalue weighted by atomic mass is 9.78. The third-order valence-electron chi connectivity index (χ3n) is 7.70. The van der Waals surface area contributed by atoms with E-state index in [1.165, 1.54) is 0 Å². The van der Waals surface area contributed by atoms with Gasteiger partial charge in [-0.1, -0.05) is 42.3 Å². The number of aromatic nitrogens is 3. The molecule has 0 radical (unpaired) electrons. The van der Waals surface area contributed by atoms with Crippen LogP contribution in [0.2, 0.25) is 0 Å². The van der Waals surface area contributed by atoms with Gasteiger partial charge in [0.2, 0.25) is 0 Å². The number of aromatic amines is 1. The predicted octanol–water partition coefficient (Wildman–Crippen LogP) is 3.74. The molecule has 192 valence electrons. The SMILES string of the molecule is C#Cc1cccc(B2OC(C)(C)C(C)(C)O2)c1.CC1(C)OB(c2cccc(-c3cn[nH]n3)c2)OC1(C)C. The van der Waals surface area contributed by atoms with Gasteiger partial charge in [-0.25, -0.2) is 0 Å². The van der Waals surface area contributed by atoms with Crippen molar-refractivity contribution >= 4 is 25.2 Å². The van der Waals surface area contributed by atoms with Gasteiger partial charge in [0.05, 0.1) is 28.6 Å². The summed E-state index contributed by atoms with van der Waals surface area (Å²) in [6.07, 6.45) is 7.09. The highest BCUT2D eigenvalue weighted by Crippen LogP contribution is 2.37. The van der Waals surface area contributed by atoms with Crippen molar-refractivity contribution < 1.29 is 18.6 Å². The Morgan fingerprint density at radius 1 is 0.730 bits per heavy atom. The lowest BCUT2D eigenvalue weighted by Crippen LogP contribution is -2.41. The Balaban J connectivity index is 0.000000176. The lowest BCUT2D eigenvalue weighted by Gasteiger charge is -2.32. The summed E-state index contributed by atoms with van der Waals surface area (Å²) in [6.45, 7) is 16.4. The van der Waals surface area contributed by atoms with E-state index >= 15 is 0 Å². The third kappa shape index (κ3) is 5.53. The molecule has 3 heterocycles. The predicted molar refractivity (Wildman–Crippen MR) is 148 cm³/mol. The van der Waals surface area contributed by atoms with Gasteiger partial charge in [0.15, 0.2) is 0 Å². The highest BCUT2D eigenvalue weighted by atomic mass is 16.7. The van der Waals surface area contributed by atoms with E-state index in [4.69, 9.17) is 25.0 Å². The van der Waals surface area contributed by atoms with Crippen molar-refractivity contribution in [1.29, 1.82) is 0 Å². The van der Waals surface area contributed by atoms with Crippen LogP contribution in [0.15, 0.2) is 54.7 Å². The first-order valence-corrected chi connectivity index (χ1v) is 12.5. The van der Waals surface area contributed by atoms with Gasteiger partial charge in [0, 0.05) is 11.1 Å². The number of terminal acetylenes is 1. The van der Waals surface area contributed by atoms with Gasteiger partial charge in [-0.2, -0.15) is 15.4 Å². The molecule has 0 bridgehead atoms. The average Bonchev–Trinajstić information content (AvgIpc) is 3.50. The molecular formula is C28H35B2N3O4. The first kappa shape index (κ1) is 27.2. The number of nitrogens with one attached hydrogen (secondary N) is 1. The third-order valence-corrected chi connectivity index (χ3v) is 7.70. The van der Waals surface area contributed by atoms with Crippen molar-refractivity contribution in [2.75, 3.05) is 0 Å². The molecule has 7 nitrogen and oxygen atoms in total. The van der Waals surface area contributed by atoms with Gasteiger partial charge < -0.3 is 18.6 Å². The van der Waals surface area contributed by atoms with E-state index in [1.807, 2.05) is 76.2 Å². The van der Waals surface area contributed by atoms with Gasteiger partial charge in [-0.05, 0) is 78.4 Å². The summed E-state index contributed by atoms with van der Waals surface area (Å²) in [5.74, 6) is 2.62. The highest BCUT2D eigenvalue weighted by Gasteiger charge is 2.52. The normalized spacial score (nSPS) is 20.7. The smallest absolute Gasteiger partial charge is 0.399 e. The maximum Gasteiger partial charge on any atom is 0.494 e. The van der Waals surface area contributed by atoms with Crippen LogP contribution in [0.1, 0.15) is 61.0 Å². The fourth-order valence-electron chi connectivity index (χ4n) is 3.92. The van der Waals surface area contributed by atoms with E-state index < -0.39 is 0 Å². The second-order valence-electron chi connectivity index (χ2n) is 11.4. The lowest BCUT2D eigenvalue weighted by molar-refractivity contribution is 0.00578. The van der Waals surface area contributed by atoms with Crippen molar-refractivity contribution in [3.8, 4) is 23.6 Å². The van der Waals surface area contributed by atoms with E-state index in [0.29, 0.717) is 0 Å². The number of nitrogens with zero attached hydrogens (tertiary/aromatic N) is 2. The Labute approximate surface area is 220 Å². The summed E-state index contributed by atoms with van der Waals surface area (Å²) in [5.41, 5.74) is 3.31. The zero-order chi connectivity index (χ0) is 27.1. The van der Waals surface area contributed by atoms with Crippen LogP contribution in [-0.4, -0.2) is 52.1 Å². The van der Waals surface area contributed by atoms with Crippen LogP contribution in [0.5, 0.6) is 0 Å². The molecule has 2 saturated heterocycles. The topological polar surface area (TPSA) is 78.5 Å². The first-order valence-electron chi connectivity index (χ1n) is 12.5. The van der Waals surface area contributed by atoms with Crippen LogP contribution in [-0.2, 0) is 18.6 Å². The zero-order valence-electron chi connectivity index (χ0n) is 23.0. The summed E-state index contributed by atoms with van der Waals surface area (Å²) in [7, 11) is -0.694. The molecule has 2 fully saturated rings. The molecule has 0 unspecified atom stereocenters. The minimum absolute atomic E-state index is 0.316. The van der Waals surface area contributed by atoms with Crippen molar-refractivity contribution in [2.45, 2.75) is 77.8 Å². The first-order chi connectivity index (χ1) is 17.2. The molecule has 5 rings (SSSR count). The Bertz CT molecular complexity index is 1250. The molecule has 1 N–H and O–H groups in total. The van der Waals surface area contributed by atoms with Crippen molar-refractivity contribution in [2.24, 2.45) is 0 Å². The van der Waals surface area contributed by atoms with E-state index in [2.05, 4.69) is 49.0 Å². The van der Waals surface area contributed by atoms with Crippen LogP contribution < -0.4 is 10.9 Å². The molecule has 0 amide bonds. The summed E-state index contributed by atoms with van der Waals surface area (Å²) in [4.78, 5) is 0. The van der Waals surface area contributed by atoms with Crippen LogP contribution in [0.25, 0.3) is 11.3 Å². The molecule has 0 spiro atoms. The summed E-state index contributed by atoms with van der Waals surface area (Å²) >= 11 is 0. The summed E-state index contributed by atoms with van der Waals surface area (Å²) < 4.78 is 24.0. The second-order valence-corrected chi connectivity index (χ2v) is 11.4. The molecule has 9 heteroatoms. The molecule has 0 aliphatic carbocycles. The summed E-state index contributed by atoms with van der Waals surface area (Å²) in [5, 5.41) is 10.5. The largest absolute Gasteiger partial charge is 0.494 e. The maximum absolute atomic E-state index is 6.06. The molecule has 3 aromatic rings. The van der Waals surface area contributed by atoms with Crippen LogP contribution >= 0.6 is 0 Å². The van der Waals surface area contributed by atoms with E-state index in [1.54, 1.807) is 6.20 Å². The van der Waals surface area contributed by atoms with Crippen molar-refractivity contribution in [1.82, 2.24) is 15.4 Å². The van der Waals surface area contributed by atoms with Crippen LogP contribution in [0, 0.1) is 12.3 Å². The molecular weight excluding hydrogens is 464 g/mol. The highest BCUT2D eigenvalue weighted by molar-refractivity contribution is 6.62. The number of benzene rings is 2. The Morgan fingerprint density at radius 2 is 1.22 bits per heavy atom. The number of hydrogen-bond donors (Lipinski definition) is 1. The molecule has 2 aliphatic rings. The van der Waals surface area contributed by atoms with Crippen LogP contribution in [0.4, 0.5) is 0 Å². The van der Waals surface area contributed by atoms with Gasteiger partial charge in [0.1, 0.15) is 5.69 Å².